The van der Waals surface area contributed by atoms with Gasteiger partial charge in [0.15, 0.2) is 0 Å². The zero-order chi connectivity index (χ0) is 19.9. The summed E-state index contributed by atoms with van der Waals surface area (Å²) in [7, 11) is 0. The van der Waals surface area contributed by atoms with Gasteiger partial charge in [-0.25, -0.2) is 0 Å². The van der Waals surface area contributed by atoms with Crippen molar-refractivity contribution in [2.75, 3.05) is 13.1 Å². The van der Waals surface area contributed by atoms with E-state index in [1.54, 1.807) is 0 Å². The van der Waals surface area contributed by atoms with Gasteiger partial charge in [-0.3, -0.25) is 4.79 Å². The van der Waals surface area contributed by atoms with Gasteiger partial charge in [0, 0.05) is 18.9 Å². The highest BCUT2D eigenvalue weighted by Crippen LogP contribution is 2.43. The third-order valence-corrected chi connectivity index (χ3v) is 9.66. The zero-order valence-electron chi connectivity index (χ0n) is 16.8. The molecule has 0 unspecified atom stereocenters. The van der Waals surface area contributed by atoms with Gasteiger partial charge in [0.1, 0.15) is 0 Å². The van der Waals surface area contributed by atoms with Crippen LogP contribution in [-0.2, 0) is 4.79 Å². The fourth-order valence-corrected chi connectivity index (χ4v) is 7.96. The van der Waals surface area contributed by atoms with Crippen LogP contribution in [0.15, 0.2) is 91.0 Å². The summed E-state index contributed by atoms with van der Waals surface area (Å²) >= 11 is 0. The normalized spacial score (nSPS) is 14.8. The minimum atomic E-state index is -2.21. The molecule has 0 radical (unpaired) electrons. The summed E-state index contributed by atoms with van der Waals surface area (Å²) in [5.41, 5.74) is 0. The molecule has 0 bridgehead atoms. The third-order valence-electron chi connectivity index (χ3n) is 5.71. The maximum Gasteiger partial charge on any atom is 0.247 e. The second kappa shape index (κ2) is 9.29. The minimum absolute atomic E-state index is 0.178. The molecule has 1 fully saturated rings. The van der Waals surface area contributed by atoms with Crippen LogP contribution >= 0.6 is 6.89 Å². The van der Waals surface area contributed by atoms with Gasteiger partial charge in [0.25, 0.3) is 0 Å². The van der Waals surface area contributed by atoms with Gasteiger partial charge in [-0.05, 0) is 35.6 Å². The van der Waals surface area contributed by atoms with Crippen LogP contribution in [0.3, 0.4) is 0 Å². The van der Waals surface area contributed by atoms with E-state index < -0.39 is 6.89 Å². The van der Waals surface area contributed by atoms with E-state index in [0.29, 0.717) is 0 Å². The topological polar surface area (TPSA) is 20.3 Å². The molecular weight excluding hydrogens is 373 g/mol. The van der Waals surface area contributed by atoms with Crippen molar-refractivity contribution in [3.8, 4) is 0 Å². The first-order valence-electron chi connectivity index (χ1n) is 10.5. The molecular formula is C26H28NOP. The Morgan fingerprint density at radius 3 is 1.38 bits per heavy atom. The summed E-state index contributed by atoms with van der Waals surface area (Å²) < 4.78 is 0. The molecule has 3 aromatic carbocycles. The average molecular weight is 401 g/mol. The van der Waals surface area contributed by atoms with Crippen LogP contribution in [0.5, 0.6) is 0 Å². The standard InChI is InChI=1S/C26H28NOP/c28-26(27-20-12-1-2-13-21-27)22-29(23-14-6-3-7-15-23,24-16-8-4-9-17-24)25-18-10-5-11-19-25/h3-11,14-19,22H,1-2,12-13,20-21H2. The molecule has 0 aliphatic carbocycles. The molecule has 3 aromatic rings. The molecule has 1 saturated heterocycles. The van der Waals surface area contributed by atoms with Gasteiger partial charge >= 0.3 is 0 Å². The molecule has 0 saturated carbocycles. The number of carbonyl (C=O) groups excluding carboxylic acids is 1. The van der Waals surface area contributed by atoms with E-state index in [1.165, 1.54) is 28.8 Å². The van der Waals surface area contributed by atoms with Gasteiger partial charge < -0.3 is 4.90 Å². The molecule has 0 spiro atoms. The van der Waals surface area contributed by atoms with Crippen molar-refractivity contribution in [1.29, 1.82) is 0 Å². The first-order valence-corrected chi connectivity index (χ1v) is 12.4. The Morgan fingerprint density at radius 2 is 1.00 bits per heavy atom. The molecule has 4 rings (SSSR count). The predicted octanol–water partition coefficient (Wildman–Crippen LogP) is 4.19. The Morgan fingerprint density at radius 1 is 0.621 bits per heavy atom. The Hall–Kier alpha value is -2.57. The molecule has 148 valence electrons. The third kappa shape index (κ3) is 4.23. The van der Waals surface area contributed by atoms with E-state index in [2.05, 4.69) is 83.5 Å². The molecule has 29 heavy (non-hydrogen) atoms. The predicted molar refractivity (Wildman–Crippen MR) is 126 cm³/mol. The molecule has 2 nitrogen and oxygen atoms in total. The maximum atomic E-state index is 13.6. The second-order valence-corrected chi connectivity index (χ2v) is 10.9. The van der Waals surface area contributed by atoms with Crippen LogP contribution < -0.4 is 15.9 Å². The van der Waals surface area contributed by atoms with Crippen LogP contribution in [0, 0.1) is 0 Å². The van der Waals surface area contributed by atoms with Crippen molar-refractivity contribution in [3.63, 3.8) is 0 Å². The number of amides is 1. The Kier molecular flexibility index (Phi) is 6.32. The van der Waals surface area contributed by atoms with Crippen LogP contribution in [-0.4, -0.2) is 29.7 Å². The quantitative estimate of drug-likeness (QED) is 0.601. The minimum Gasteiger partial charge on any atom is -0.339 e. The van der Waals surface area contributed by atoms with E-state index in [4.69, 9.17) is 0 Å². The highest BCUT2D eigenvalue weighted by Gasteiger charge is 2.27. The Bertz CT molecular complexity index is 872. The summed E-state index contributed by atoms with van der Waals surface area (Å²) in [6.45, 7) is -0.469. The zero-order valence-corrected chi connectivity index (χ0v) is 17.7. The summed E-state index contributed by atoms with van der Waals surface area (Å²) in [6.07, 6.45) is 4.65. The van der Waals surface area contributed by atoms with Gasteiger partial charge in [0.2, 0.25) is 5.91 Å². The molecule has 1 heterocycles. The number of carbonyl (C=O) groups is 1. The van der Waals surface area contributed by atoms with Crippen molar-refractivity contribution in [1.82, 2.24) is 4.90 Å². The van der Waals surface area contributed by atoms with E-state index in [1.807, 2.05) is 18.2 Å². The van der Waals surface area contributed by atoms with E-state index in [-0.39, 0.29) is 5.91 Å². The summed E-state index contributed by atoms with van der Waals surface area (Å²) in [5.74, 6) is 2.25. The van der Waals surface area contributed by atoms with Crippen molar-refractivity contribution in [3.05, 3.63) is 91.0 Å². The molecule has 1 amide bonds. The fourth-order valence-electron chi connectivity index (χ4n) is 4.20. The Labute approximate surface area is 174 Å². The number of nitrogens with zero attached hydrogens (tertiary/aromatic N) is 1. The summed E-state index contributed by atoms with van der Waals surface area (Å²) in [6, 6.07) is 31.7. The van der Waals surface area contributed by atoms with Crippen LogP contribution in [0.2, 0.25) is 0 Å². The first kappa shape index (κ1) is 19.7. The first-order chi connectivity index (χ1) is 14.3. The summed E-state index contributed by atoms with van der Waals surface area (Å²) in [4.78, 5) is 15.7. The number of hydrogen-bond acceptors (Lipinski definition) is 1. The lowest BCUT2D eigenvalue weighted by atomic mass is 10.2. The number of benzene rings is 3. The molecule has 0 atom stereocenters. The van der Waals surface area contributed by atoms with Crippen LogP contribution in [0.1, 0.15) is 25.7 Å². The van der Waals surface area contributed by atoms with E-state index >= 15 is 0 Å². The average Bonchev–Trinajstić information content (AvgIpc) is 3.09. The van der Waals surface area contributed by atoms with E-state index in [0.717, 1.165) is 25.9 Å². The van der Waals surface area contributed by atoms with Crippen molar-refractivity contribution >= 4 is 34.5 Å². The van der Waals surface area contributed by atoms with Crippen LogP contribution in [0.25, 0.3) is 0 Å². The highest BCUT2D eigenvalue weighted by atomic mass is 31.2. The number of rotatable bonds is 4. The van der Waals surface area contributed by atoms with Gasteiger partial charge in [-0.15, -0.1) is 0 Å². The molecule has 1 aliphatic rings. The molecule has 3 heteroatoms. The van der Waals surface area contributed by atoms with Crippen molar-refractivity contribution in [2.24, 2.45) is 0 Å². The number of likely N-dealkylation sites (tertiary alicyclic amines) is 1. The maximum absolute atomic E-state index is 13.6. The summed E-state index contributed by atoms with van der Waals surface area (Å²) in [5, 5.41) is 3.67. The number of hydrogen-bond donors (Lipinski definition) is 0. The highest BCUT2D eigenvalue weighted by molar-refractivity contribution is 7.95. The monoisotopic (exact) mass is 401 g/mol. The lowest BCUT2D eigenvalue weighted by molar-refractivity contribution is -0.123. The van der Waals surface area contributed by atoms with Crippen LogP contribution in [0.4, 0.5) is 0 Å². The van der Waals surface area contributed by atoms with Gasteiger partial charge in [0.05, 0.1) is 0 Å². The molecule has 1 aliphatic heterocycles. The molecule has 0 N–H and O–H groups in total. The largest absolute Gasteiger partial charge is 0.339 e. The van der Waals surface area contributed by atoms with E-state index in [9.17, 15) is 4.79 Å². The fraction of sp³-hybridized carbons (Fsp3) is 0.231. The SMILES string of the molecule is O=C(C=P(c1ccccc1)(c1ccccc1)c1ccccc1)N1CCCCCC1. The second-order valence-electron chi connectivity index (χ2n) is 7.60. The Balaban J connectivity index is 1.96. The molecule has 0 aromatic heterocycles. The van der Waals surface area contributed by atoms with Gasteiger partial charge in [-0.1, -0.05) is 104 Å². The van der Waals surface area contributed by atoms with Crippen molar-refractivity contribution in [2.45, 2.75) is 25.7 Å². The lowest BCUT2D eigenvalue weighted by Crippen LogP contribution is -2.36. The van der Waals surface area contributed by atoms with Gasteiger partial charge in [-0.2, -0.15) is 0 Å². The smallest absolute Gasteiger partial charge is 0.247 e. The lowest BCUT2D eigenvalue weighted by Gasteiger charge is -2.30. The van der Waals surface area contributed by atoms with Crippen molar-refractivity contribution < 1.29 is 4.79 Å².